The van der Waals surface area contributed by atoms with Crippen molar-refractivity contribution in [2.75, 3.05) is 39.9 Å². The number of rotatable bonds is 11. The minimum atomic E-state index is -4.57. The summed E-state index contributed by atoms with van der Waals surface area (Å²) in [6.45, 7) is 0. The molecule has 186 valence electrons. The van der Waals surface area contributed by atoms with Crippen molar-refractivity contribution in [3.05, 3.63) is 46.9 Å². The molecule has 0 aliphatic carbocycles. The molecule has 2 aromatic carbocycles. The second kappa shape index (κ2) is 11.4. The third-order valence-electron chi connectivity index (χ3n) is 4.45. The Labute approximate surface area is 197 Å². The Morgan fingerprint density at radius 2 is 1.56 bits per heavy atom. The van der Waals surface area contributed by atoms with E-state index >= 15 is 0 Å². The lowest BCUT2D eigenvalue weighted by Gasteiger charge is -2.13. The van der Waals surface area contributed by atoms with Crippen LogP contribution in [0, 0.1) is 0 Å². The number of hydrogen-bond acceptors (Lipinski definition) is 8. The number of carbonyl (C=O) groups excluding carboxylic acids is 1. The summed E-state index contributed by atoms with van der Waals surface area (Å²) < 4.78 is 57.5. The Hall–Kier alpha value is -3.05. The van der Waals surface area contributed by atoms with Crippen LogP contribution in [0.4, 0.5) is 5.69 Å². The zero-order valence-corrected chi connectivity index (χ0v) is 20.7. The minimum absolute atomic E-state index is 0.0797. The number of methoxy groups -OCH3 is 4. The number of amides is 1. The van der Waals surface area contributed by atoms with Crippen molar-refractivity contribution in [1.29, 1.82) is 0 Å². The summed E-state index contributed by atoms with van der Waals surface area (Å²) in [5, 5.41) is 3.34. The van der Waals surface area contributed by atoms with Crippen LogP contribution in [0.25, 0.3) is 6.08 Å². The lowest BCUT2D eigenvalue weighted by atomic mass is 10.1. The lowest BCUT2D eigenvalue weighted by molar-refractivity contribution is -0.114. The topological polar surface area (TPSA) is 158 Å². The largest absolute Gasteiger partial charge is 0.496 e. The number of sulfone groups is 1. The van der Waals surface area contributed by atoms with E-state index in [0.717, 1.165) is 5.41 Å². The molecule has 0 aliphatic heterocycles. The van der Waals surface area contributed by atoms with E-state index in [2.05, 4.69) is 5.32 Å². The Morgan fingerprint density at radius 1 is 0.971 bits per heavy atom. The molecule has 2 aromatic rings. The second-order valence-corrected chi connectivity index (χ2v) is 10.5. The summed E-state index contributed by atoms with van der Waals surface area (Å²) >= 11 is 0. The quantitative estimate of drug-likeness (QED) is 0.380. The van der Waals surface area contributed by atoms with E-state index in [1.54, 1.807) is 12.1 Å². The van der Waals surface area contributed by atoms with Gasteiger partial charge in [-0.2, -0.15) is 0 Å². The predicted molar refractivity (Wildman–Crippen MR) is 126 cm³/mol. The summed E-state index contributed by atoms with van der Waals surface area (Å²) in [5.74, 6) is 0.00796. The monoisotopic (exact) mass is 515 g/mol. The van der Waals surface area contributed by atoms with E-state index < -0.39 is 35.3 Å². The van der Waals surface area contributed by atoms with Crippen LogP contribution < -0.4 is 24.3 Å². The van der Waals surface area contributed by atoms with Crippen molar-refractivity contribution in [2.45, 2.75) is 5.75 Å². The highest BCUT2D eigenvalue weighted by atomic mass is 32.2. The van der Waals surface area contributed by atoms with Crippen molar-refractivity contribution in [3.8, 4) is 23.0 Å². The first kappa shape index (κ1) is 27.2. The molecular formula is C21H26NO10PS. The van der Waals surface area contributed by atoms with Crippen LogP contribution in [-0.2, 0) is 24.9 Å². The first-order chi connectivity index (χ1) is 15.9. The fraction of sp³-hybridized carbons (Fsp3) is 0.286. The molecule has 0 fully saturated rings. The smallest absolute Gasteiger partial charge is 0.334 e. The van der Waals surface area contributed by atoms with Gasteiger partial charge in [0.2, 0.25) is 5.91 Å². The number of anilines is 1. The number of nitrogens with one attached hydrogen (secondary N) is 1. The number of ether oxygens (including phenoxy) is 4. The molecular weight excluding hydrogens is 489 g/mol. The second-order valence-electron chi connectivity index (χ2n) is 6.96. The molecule has 0 radical (unpaired) electrons. The molecule has 0 unspecified atom stereocenters. The van der Waals surface area contributed by atoms with Gasteiger partial charge in [0.25, 0.3) is 0 Å². The molecule has 3 N–H and O–H groups in total. The van der Waals surface area contributed by atoms with Gasteiger partial charge in [0.05, 0.1) is 45.4 Å². The van der Waals surface area contributed by atoms with Crippen LogP contribution in [0.15, 0.2) is 35.7 Å². The van der Waals surface area contributed by atoms with Gasteiger partial charge in [0.1, 0.15) is 29.2 Å². The molecule has 11 nitrogen and oxygen atoms in total. The molecule has 0 aromatic heterocycles. The average molecular weight is 515 g/mol. The van der Waals surface area contributed by atoms with Gasteiger partial charge in [-0.05, 0) is 23.8 Å². The van der Waals surface area contributed by atoms with Gasteiger partial charge >= 0.3 is 7.60 Å². The fourth-order valence-electron chi connectivity index (χ4n) is 2.97. The van der Waals surface area contributed by atoms with E-state index in [0.29, 0.717) is 28.4 Å². The molecule has 0 heterocycles. The molecule has 0 spiro atoms. The van der Waals surface area contributed by atoms with E-state index in [1.807, 2.05) is 0 Å². The molecule has 1 amide bonds. The van der Waals surface area contributed by atoms with Crippen LogP contribution in [-0.4, -0.2) is 58.7 Å². The predicted octanol–water partition coefficient (Wildman–Crippen LogP) is 2.42. The molecule has 13 heteroatoms. The summed E-state index contributed by atoms with van der Waals surface area (Å²) in [5.41, 5.74) is 0.788. The summed E-state index contributed by atoms with van der Waals surface area (Å²) in [7, 11) is -2.69. The van der Waals surface area contributed by atoms with Crippen LogP contribution in [0.2, 0.25) is 0 Å². The van der Waals surface area contributed by atoms with Crippen LogP contribution in [0.3, 0.4) is 0 Å². The highest BCUT2D eigenvalue weighted by Crippen LogP contribution is 2.36. The lowest BCUT2D eigenvalue weighted by Crippen LogP contribution is -2.17. The van der Waals surface area contributed by atoms with E-state index in [9.17, 15) is 17.8 Å². The molecule has 2 rings (SSSR count). The average Bonchev–Trinajstić information content (AvgIpc) is 2.75. The first-order valence-corrected chi connectivity index (χ1v) is 13.1. The summed E-state index contributed by atoms with van der Waals surface area (Å²) in [4.78, 5) is 29.8. The number of carbonyl (C=O) groups is 1. The van der Waals surface area contributed by atoms with Crippen LogP contribution >= 0.6 is 7.60 Å². The van der Waals surface area contributed by atoms with E-state index in [4.69, 9.17) is 28.7 Å². The first-order valence-electron chi connectivity index (χ1n) is 9.63. The van der Waals surface area contributed by atoms with Gasteiger partial charge in [-0.3, -0.25) is 9.36 Å². The third-order valence-corrected chi connectivity index (χ3v) is 6.44. The van der Waals surface area contributed by atoms with Gasteiger partial charge < -0.3 is 34.1 Å². The molecule has 0 bridgehead atoms. The maximum absolute atomic E-state index is 12.8. The zero-order valence-electron chi connectivity index (χ0n) is 19.0. The third kappa shape index (κ3) is 7.77. The van der Waals surface area contributed by atoms with Crippen molar-refractivity contribution in [2.24, 2.45) is 0 Å². The Kier molecular flexibility index (Phi) is 9.11. The maximum atomic E-state index is 12.8. The molecule has 0 aliphatic rings. The maximum Gasteiger partial charge on any atom is 0.334 e. The van der Waals surface area contributed by atoms with Crippen LogP contribution in [0.1, 0.15) is 11.1 Å². The van der Waals surface area contributed by atoms with Crippen molar-refractivity contribution in [3.63, 3.8) is 0 Å². The van der Waals surface area contributed by atoms with E-state index in [1.165, 1.54) is 52.7 Å². The Bertz CT molecular complexity index is 1200. The fourth-order valence-corrected chi connectivity index (χ4v) is 4.51. The van der Waals surface area contributed by atoms with Crippen molar-refractivity contribution in [1.82, 2.24) is 0 Å². The van der Waals surface area contributed by atoms with Crippen molar-refractivity contribution >= 4 is 35.1 Å². The normalized spacial score (nSPS) is 11.8. The van der Waals surface area contributed by atoms with Crippen molar-refractivity contribution < 1.29 is 46.5 Å². The molecule has 34 heavy (non-hydrogen) atoms. The van der Waals surface area contributed by atoms with Gasteiger partial charge in [-0.15, -0.1) is 0 Å². The SMILES string of the molecule is COc1cc(OC)c(/C=C/S(=O)(=O)Cc2ccc(OC)c(NC(=O)CP(=O)(O)O)c2)c(OC)c1. The Morgan fingerprint density at radius 3 is 2.06 bits per heavy atom. The highest BCUT2D eigenvalue weighted by Gasteiger charge is 2.21. The summed E-state index contributed by atoms with van der Waals surface area (Å²) in [6.07, 6.45) is 0.325. The zero-order chi connectivity index (χ0) is 25.5. The molecule has 0 atom stereocenters. The van der Waals surface area contributed by atoms with Gasteiger partial charge in [0.15, 0.2) is 9.84 Å². The van der Waals surface area contributed by atoms with E-state index in [-0.39, 0.29) is 11.4 Å². The number of hydrogen-bond donors (Lipinski definition) is 3. The van der Waals surface area contributed by atoms with Gasteiger partial charge in [0, 0.05) is 17.5 Å². The minimum Gasteiger partial charge on any atom is -0.496 e. The van der Waals surface area contributed by atoms with Gasteiger partial charge in [-0.1, -0.05) is 6.07 Å². The molecule has 0 saturated carbocycles. The highest BCUT2D eigenvalue weighted by molar-refractivity contribution is 7.93. The van der Waals surface area contributed by atoms with Crippen LogP contribution in [0.5, 0.6) is 23.0 Å². The van der Waals surface area contributed by atoms with Gasteiger partial charge in [-0.25, -0.2) is 8.42 Å². The Balaban J connectivity index is 2.31. The standard InChI is InChI=1S/C21H26NO10PS/c1-29-15-10-19(31-3)16(20(11-15)32-4)7-8-34(27,28)13-14-5-6-18(30-2)17(9-14)22-21(23)12-33(24,25)26/h5-11H,12-13H2,1-4H3,(H,22,23)(H2,24,25,26)/b8-7+. The molecule has 0 saturated heterocycles. The summed E-state index contributed by atoms with van der Waals surface area (Å²) in [6, 6.07) is 7.47. The number of benzene rings is 2.